The predicted octanol–water partition coefficient (Wildman–Crippen LogP) is 1.28. The number of rotatable bonds is 6. The normalized spacial score (nSPS) is 11.1. The van der Waals surface area contributed by atoms with Crippen molar-refractivity contribution in [3.63, 3.8) is 0 Å². The molecule has 0 unspecified atom stereocenters. The maximum absolute atomic E-state index is 10.6. The zero-order chi connectivity index (χ0) is 11.1. The summed E-state index contributed by atoms with van der Waals surface area (Å²) in [5.74, 6) is -0.853. The second kappa shape index (κ2) is 8.56. The highest BCUT2D eigenvalue weighted by Gasteiger charge is 2.03. The van der Waals surface area contributed by atoms with Gasteiger partial charge in [0.25, 0.3) is 0 Å². The quantitative estimate of drug-likeness (QED) is 0.706. The summed E-state index contributed by atoms with van der Waals surface area (Å²) in [4.78, 5) is 14.7. The van der Waals surface area contributed by atoms with E-state index in [4.69, 9.17) is 5.11 Å². The molecular formula is C10H21ClN2O2. The van der Waals surface area contributed by atoms with E-state index in [1.165, 1.54) is 0 Å². The number of carboxylic acid groups (broad SMARTS) is 1. The van der Waals surface area contributed by atoms with Crippen LogP contribution in [0.3, 0.4) is 0 Å². The van der Waals surface area contributed by atoms with Crippen LogP contribution in [0.4, 0.5) is 0 Å². The number of nitrogens with zero attached hydrogens (tertiary/aromatic N) is 2. The van der Waals surface area contributed by atoms with Gasteiger partial charge in [-0.1, -0.05) is 0 Å². The lowest BCUT2D eigenvalue weighted by Crippen LogP contribution is -2.28. The SMILES string of the molecule is CCN(C=C(C)C(=O)O)CCN(C)C.Cl. The molecule has 0 aromatic rings. The van der Waals surface area contributed by atoms with Crippen molar-refractivity contribution in [2.24, 2.45) is 0 Å². The predicted molar refractivity (Wildman–Crippen MR) is 64.4 cm³/mol. The summed E-state index contributed by atoms with van der Waals surface area (Å²) in [6.07, 6.45) is 1.70. The molecule has 0 bridgehead atoms. The van der Waals surface area contributed by atoms with Crippen molar-refractivity contribution in [2.75, 3.05) is 33.7 Å². The molecule has 0 atom stereocenters. The molecule has 0 aromatic heterocycles. The molecule has 0 rings (SSSR count). The van der Waals surface area contributed by atoms with Crippen LogP contribution < -0.4 is 0 Å². The first-order valence-corrected chi connectivity index (χ1v) is 4.77. The third kappa shape index (κ3) is 8.27. The van der Waals surface area contributed by atoms with E-state index in [0.717, 1.165) is 19.6 Å². The number of hydrogen-bond donors (Lipinski definition) is 1. The van der Waals surface area contributed by atoms with Crippen LogP contribution in [-0.4, -0.2) is 54.6 Å². The van der Waals surface area contributed by atoms with Crippen LogP contribution in [0.2, 0.25) is 0 Å². The minimum Gasteiger partial charge on any atom is -0.478 e. The number of carbonyl (C=O) groups is 1. The molecule has 0 amide bonds. The first kappa shape index (κ1) is 16.7. The fraction of sp³-hybridized carbons (Fsp3) is 0.700. The van der Waals surface area contributed by atoms with Crippen molar-refractivity contribution in [3.8, 4) is 0 Å². The molecule has 4 nitrogen and oxygen atoms in total. The van der Waals surface area contributed by atoms with Gasteiger partial charge in [-0.15, -0.1) is 12.4 Å². The first-order valence-electron chi connectivity index (χ1n) is 4.77. The minimum absolute atomic E-state index is 0. The van der Waals surface area contributed by atoms with Gasteiger partial charge in [0.05, 0.1) is 0 Å². The molecule has 15 heavy (non-hydrogen) atoms. The molecule has 1 N–H and O–H groups in total. The van der Waals surface area contributed by atoms with E-state index in [-0.39, 0.29) is 12.4 Å². The Bertz CT molecular complexity index is 217. The number of aliphatic carboxylic acids is 1. The van der Waals surface area contributed by atoms with Crippen LogP contribution in [0.25, 0.3) is 0 Å². The second-order valence-corrected chi connectivity index (χ2v) is 3.55. The van der Waals surface area contributed by atoms with Gasteiger partial charge in [-0.2, -0.15) is 0 Å². The summed E-state index contributed by atoms with van der Waals surface area (Å²) in [6, 6.07) is 0. The third-order valence-corrected chi connectivity index (χ3v) is 1.95. The van der Waals surface area contributed by atoms with Crippen molar-refractivity contribution < 1.29 is 9.90 Å². The van der Waals surface area contributed by atoms with Gasteiger partial charge in [0.15, 0.2) is 0 Å². The number of carboxylic acids is 1. The van der Waals surface area contributed by atoms with E-state index < -0.39 is 5.97 Å². The smallest absolute Gasteiger partial charge is 0.332 e. The topological polar surface area (TPSA) is 43.8 Å². The van der Waals surface area contributed by atoms with Gasteiger partial charge in [0.2, 0.25) is 0 Å². The molecule has 0 radical (unpaired) electrons. The highest BCUT2D eigenvalue weighted by atomic mass is 35.5. The average Bonchev–Trinajstić information content (AvgIpc) is 2.11. The summed E-state index contributed by atoms with van der Waals surface area (Å²) in [5.41, 5.74) is 0.380. The molecule has 0 aromatic carbocycles. The van der Waals surface area contributed by atoms with Gasteiger partial charge < -0.3 is 14.9 Å². The monoisotopic (exact) mass is 236 g/mol. The van der Waals surface area contributed by atoms with Gasteiger partial charge in [0.1, 0.15) is 0 Å². The van der Waals surface area contributed by atoms with Gasteiger partial charge in [-0.3, -0.25) is 0 Å². The second-order valence-electron chi connectivity index (χ2n) is 3.55. The molecule has 0 saturated carbocycles. The van der Waals surface area contributed by atoms with Gasteiger partial charge in [0, 0.05) is 31.4 Å². The van der Waals surface area contributed by atoms with Crippen LogP contribution in [0.15, 0.2) is 11.8 Å². The summed E-state index contributed by atoms with van der Waals surface area (Å²) in [7, 11) is 4.00. The van der Waals surface area contributed by atoms with Crippen molar-refractivity contribution in [1.82, 2.24) is 9.80 Å². The molecule has 0 aliphatic rings. The lowest BCUT2D eigenvalue weighted by atomic mass is 10.3. The van der Waals surface area contributed by atoms with E-state index >= 15 is 0 Å². The Kier molecular flexibility index (Phi) is 9.52. The van der Waals surface area contributed by atoms with Crippen LogP contribution in [0, 0.1) is 0 Å². The van der Waals surface area contributed by atoms with Crippen LogP contribution in [-0.2, 0) is 4.79 Å². The molecule has 0 saturated heterocycles. The van der Waals surface area contributed by atoms with E-state index in [0.29, 0.717) is 5.57 Å². The summed E-state index contributed by atoms with van der Waals surface area (Å²) >= 11 is 0. The maximum Gasteiger partial charge on any atom is 0.332 e. The fourth-order valence-electron chi connectivity index (χ4n) is 0.971. The van der Waals surface area contributed by atoms with E-state index in [9.17, 15) is 4.79 Å². The molecule has 0 spiro atoms. The van der Waals surface area contributed by atoms with E-state index in [2.05, 4.69) is 4.90 Å². The van der Waals surface area contributed by atoms with Crippen LogP contribution in [0.5, 0.6) is 0 Å². The van der Waals surface area contributed by atoms with E-state index in [1.54, 1.807) is 13.1 Å². The molecule has 5 heteroatoms. The number of hydrogen-bond acceptors (Lipinski definition) is 3. The minimum atomic E-state index is -0.853. The standard InChI is InChI=1S/C10H20N2O2.ClH/c1-5-12(7-6-11(3)4)8-9(2)10(13)14;/h8H,5-7H2,1-4H3,(H,13,14);1H. The summed E-state index contributed by atoms with van der Waals surface area (Å²) in [5, 5.41) is 8.70. The molecule has 0 aliphatic carbocycles. The van der Waals surface area contributed by atoms with Gasteiger partial charge >= 0.3 is 5.97 Å². The van der Waals surface area contributed by atoms with Crippen LogP contribution >= 0.6 is 12.4 Å². The molecule has 0 aliphatic heterocycles. The number of likely N-dealkylation sites (N-methyl/N-ethyl adjacent to an activating group) is 2. The lowest BCUT2D eigenvalue weighted by molar-refractivity contribution is -0.132. The Morgan fingerprint density at radius 1 is 1.33 bits per heavy atom. The Balaban J connectivity index is 0. The van der Waals surface area contributed by atoms with Crippen molar-refractivity contribution in [1.29, 1.82) is 0 Å². The van der Waals surface area contributed by atoms with Crippen molar-refractivity contribution in [2.45, 2.75) is 13.8 Å². The van der Waals surface area contributed by atoms with Crippen molar-refractivity contribution >= 4 is 18.4 Å². The van der Waals surface area contributed by atoms with Gasteiger partial charge in [-0.25, -0.2) is 4.79 Å². The van der Waals surface area contributed by atoms with E-state index in [1.807, 2.05) is 25.9 Å². The lowest BCUT2D eigenvalue weighted by Gasteiger charge is -2.21. The fourth-order valence-corrected chi connectivity index (χ4v) is 0.971. The number of halogens is 1. The van der Waals surface area contributed by atoms with Crippen LogP contribution in [0.1, 0.15) is 13.8 Å². The Morgan fingerprint density at radius 3 is 2.20 bits per heavy atom. The zero-order valence-corrected chi connectivity index (χ0v) is 10.7. The molecular weight excluding hydrogens is 216 g/mol. The largest absolute Gasteiger partial charge is 0.478 e. The average molecular weight is 237 g/mol. The Morgan fingerprint density at radius 2 is 1.87 bits per heavy atom. The molecule has 0 fully saturated rings. The Hall–Kier alpha value is -0.740. The molecule has 90 valence electrons. The molecule has 0 heterocycles. The van der Waals surface area contributed by atoms with Crippen molar-refractivity contribution in [3.05, 3.63) is 11.8 Å². The third-order valence-electron chi connectivity index (χ3n) is 1.95. The highest BCUT2D eigenvalue weighted by Crippen LogP contribution is 1.97. The Labute approximate surface area is 98.0 Å². The first-order chi connectivity index (χ1) is 6.47. The highest BCUT2D eigenvalue weighted by molar-refractivity contribution is 5.85. The zero-order valence-electron chi connectivity index (χ0n) is 9.86. The summed E-state index contributed by atoms with van der Waals surface area (Å²) in [6.45, 7) is 6.24. The van der Waals surface area contributed by atoms with Gasteiger partial charge in [-0.05, 0) is 27.9 Å². The summed E-state index contributed by atoms with van der Waals surface area (Å²) < 4.78 is 0. The maximum atomic E-state index is 10.6.